The number of benzene rings is 1. The third-order valence-corrected chi connectivity index (χ3v) is 4.25. The van der Waals surface area contributed by atoms with Gasteiger partial charge in [0, 0.05) is 24.4 Å². The molecule has 2 aromatic rings. The number of methoxy groups -OCH3 is 1. The zero-order valence-corrected chi connectivity index (χ0v) is 15.4. The van der Waals surface area contributed by atoms with E-state index >= 15 is 0 Å². The number of aromatic nitrogens is 2. The molecule has 7 nitrogen and oxygen atoms in total. The fourth-order valence-corrected chi connectivity index (χ4v) is 2.78. The van der Waals surface area contributed by atoms with Crippen molar-refractivity contribution in [1.29, 1.82) is 5.41 Å². The number of hydrogen-bond acceptors (Lipinski definition) is 7. The Labute approximate surface area is 161 Å². The average molecular weight is 389 g/mol. The normalized spacial score (nSPS) is 16.2. The van der Waals surface area contributed by atoms with Crippen molar-refractivity contribution in [2.45, 2.75) is 12.0 Å². The van der Waals surface area contributed by atoms with Gasteiger partial charge in [-0.3, -0.25) is 5.41 Å². The highest BCUT2D eigenvalue weighted by atomic mass is 19.3. The molecular weight excluding hydrogens is 368 g/mol. The van der Waals surface area contributed by atoms with Gasteiger partial charge in [-0.15, -0.1) is 0 Å². The van der Waals surface area contributed by atoms with Crippen LogP contribution in [0.25, 0.3) is 0 Å². The molecule has 28 heavy (non-hydrogen) atoms. The largest absolute Gasteiger partial charge is 0.484 e. The van der Waals surface area contributed by atoms with Gasteiger partial charge in [0.2, 0.25) is 0 Å². The molecule has 0 amide bonds. The third kappa shape index (κ3) is 4.25. The second kappa shape index (κ2) is 7.89. The van der Waals surface area contributed by atoms with Crippen LogP contribution in [0, 0.1) is 5.41 Å². The fraction of sp³-hybridized carbons (Fsp3) is 0.316. The Morgan fingerprint density at radius 1 is 1.39 bits per heavy atom. The van der Waals surface area contributed by atoms with Crippen LogP contribution < -0.4 is 15.4 Å². The van der Waals surface area contributed by atoms with Gasteiger partial charge in [-0.1, -0.05) is 6.58 Å². The molecule has 0 saturated carbocycles. The molecular formula is C19H21F2N5O2. The quantitative estimate of drug-likeness (QED) is 0.409. The summed E-state index contributed by atoms with van der Waals surface area (Å²) in [5, 5.41) is 8.47. The molecule has 1 aromatic carbocycles. The Morgan fingerprint density at radius 2 is 2.14 bits per heavy atom. The predicted octanol–water partition coefficient (Wildman–Crippen LogP) is 2.51. The highest BCUT2D eigenvalue weighted by molar-refractivity contribution is 6.13. The van der Waals surface area contributed by atoms with E-state index in [0.29, 0.717) is 29.4 Å². The average Bonchev–Trinajstić information content (AvgIpc) is 2.66. The number of nitrogens with two attached hydrogens (primary N) is 1. The van der Waals surface area contributed by atoms with Crippen LogP contribution >= 0.6 is 0 Å². The molecule has 9 heteroatoms. The number of hydrogen-bond donors (Lipinski definition) is 2. The van der Waals surface area contributed by atoms with E-state index in [-0.39, 0.29) is 17.5 Å². The van der Waals surface area contributed by atoms with Crippen molar-refractivity contribution in [1.82, 2.24) is 9.97 Å². The molecule has 0 unspecified atom stereocenters. The molecule has 0 aliphatic carbocycles. The number of ether oxygens (including phenoxy) is 2. The SMILES string of the molecule is C=C[C@@H](COC)Oc1ccc(N)c(C(=N)c2cc(N3CC(F)(F)C3)ncn2)c1. The zero-order chi connectivity index (χ0) is 20.3. The van der Waals surface area contributed by atoms with E-state index in [1.807, 2.05) is 0 Å². The Bertz CT molecular complexity index is 882. The van der Waals surface area contributed by atoms with E-state index < -0.39 is 19.0 Å². The van der Waals surface area contributed by atoms with Crippen molar-refractivity contribution in [3.63, 3.8) is 0 Å². The van der Waals surface area contributed by atoms with Gasteiger partial charge in [-0.05, 0) is 24.3 Å². The summed E-state index contributed by atoms with van der Waals surface area (Å²) in [7, 11) is 1.56. The first-order valence-corrected chi connectivity index (χ1v) is 8.55. The van der Waals surface area contributed by atoms with Crippen LogP contribution in [0.2, 0.25) is 0 Å². The number of alkyl halides is 2. The van der Waals surface area contributed by atoms with E-state index in [1.165, 1.54) is 17.3 Å². The minimum atomic E-state index is -2.71. The Kier molecular flexibility index (Phi) is 5.55. The van der Waals surface area contributed by atoms with E-state index in [1.54, 1.807) is 31.4 Å². The summed E-state index contributed by atoms with van der Waals surface area (Å²) in [6, 6.07) is 6.45. The monoisotopic (exact) mass is 389 g/mol. The maximum atomic E-state index is 13.1. The standard InChI is InChI=1S/C19H21F2N5O2/c1-3-12(8-27-2)28-13-4-5-15(22)14(6-13)18(23)16-7-17(25-11-24-16)26-9-19(20,21)10-26/h3-7,11-12,23H,1,8-10,22H2,2H3/t12-/m0/s1. The lowest BCUT2D eigenvalue weighted by Gasteiger charge is -2.39. The number of nitrogens with zero attached hydrogens (tertiary/aromatic N) is 3. The van der Waals surface area contributed by atoms with Crippen LogP contribution in [0.15, 0.2) is 43.2 Å². The molecule has 1 saturated heterocycles. The number of nitrogens with one attached hydrogen (secondary N) is 1. The van der Waals surface area contributed by atoms with Crippen molar-refractivity contribution >= 4 is 17.2 Å². The molecule has 2 heterocycles. The van der Waals surface area contributed by atoms with Crippen molar-refractivity contribution in [3.05, 3.63) is 54.5 Å². The molecule has 1 fully saturated rings. The lowest BCUT2D eigenvalue weighted by atomic mass is 10.0. The van der Waals surface area contributed by atoms with E-state index in [2.05, 4.69) is 16.5 Å². The van der Waals surface area contributed by atoms with Crippen molar-refractivity contribution in [2.24, 2.45) is 0 Å². The van der Waals surface area contributed by atoms with E-state index in [0.717, 1.165) is 0 Å². The lowest BCUT2D eigenvalue weighted by molar-refractivity contribution is -0.0267. The highest BCUT2D eigenvalue weighted by Crippen LogP contribution is 2.31. The van der Waals surface area contributed by atoms with Gasteiger partial charge in [0.15, 0.2) is 0 Å². The molecule has 0 radical (unpaired) electrons. The second-order valence-electron chi connectivity index (χ2n) is 6.44. The molecule has 0 bridgehead atoms. The van der Waals surface area contributed by atoms with Gasteiger partial charge in [0.1, 0.15) is 24.0 Å². The summed E-state index contributed by atoms with van der Waals surface area (Å²) in [6.07, 6.45) is 2.51. The number of halogens is 2. The number of anilines is 2. The van der Waals surface area contributed by atoms with Gasteiger partial charge in [0.25, 0.3) is 5.92 Å². The van der Waals surface area contributed by atoms with Crippen molar-refractivity contribution in [2.75, 3.05) is 37.4 Å². The summed E-state index contributed by atoms with van der Waals surface area (Å²) in [4.78, 5) is 9.54. The second-order valence-corrected chi connectivity index (χ2v) is 6.44. The Morgan fingerprint density at radius 3 is 2.79 bits per heavy atom. The number of nitrogen functional groups attached to an aromatic ring is 1. The first-order valence-electron chi connectivity index (χ1n) is 8.55. The topological polar surface area (TPSA) is 97.4 Å². The van der Waals surface area contributed by atoms with Crippen LogP contribution in [0.4, 0.5) is 20.3 Å². The molecule has 3 rings (SSSR count). The summed E-state index contributed by atoms with van der Waals surface area (Å²) in [6.45, 7) is 3.24. The summed E-state index contributed by atoms with van der Waals surface area (Å²) in [5.74, 6) is -1.87. The number of rotatable bonds is 8. The van der Waals surface area contributed by atoms with Gasteiger partial charge in [0.05, 0.1) is 31.1 Å². The van der Waals surface area contributed by atoms with Gasteiger partial charge in [-0.2, -0.15) is 0 Å². The van der Waals surface area contributed by atoms with Crippen LogP contribution in [0.5, 0.6) is 5.75 Å². The van der Waals surface area contributed by atoms with Crippen molar-refractivity contribution in [3.8, 4) is 5.75 Å². The first-order chi connectivity index (χ1) is 13.3. The van der Waals surface area contributed by atoms with Gasteiger partial charge >= 0.3 is 0 Å². The molecule has 1 aliphatic rings. The zero-order valence-electron chi connectivity index (χ0n) is 15.4. The Hall–Kier alpha value is -3.07. The van der Waals surface area contributed by atoms with Crippen LogP contribution in [0.3, 0.4) is 0 Å². The van der Waals surface area contributed by atoms with Crippen LogP contribution in [-0.2, 0) is 4.74 Å². The van der Waals surface area contributed by atoms with E-state index in [4.69, 9.17) is 20.6 Å². The minimum Gasteiger partial charge on any atom is -0.484 e. The van der Waals surface area contributed by atoms with Crippen molar-refractivity contribution < 1.29 is 18.3 Å². The maximum absolute atomic E-state index is 13.1. The minimum absolute atomic E-state index is 0.0424. The first kappa shape index (κ1) is 19.7. The third-order valence-electron chi connectivity index (χ3n) is 4.25. The molecule has 0 spiro atoms. The van der Waals surface area contributed by atoms with Crippen LogP contribution in [-0.4, -0.2) is 54.5 Å². The smallest absolute Gasteiger partial charge is 0.282 e. The summed E-state index contributed by atoms with van der Waals surface area (Å²) in [5.41, 5.74) is 7.13. The van der Waals surface area contributed by atoms with E-state index in [9.17, 15) is 8.78 Å². The molecule has 1 atom stereocenters. The molecule has 1 aliphatic heterocycles. The van der Waals surface area contributed by atoms with Crippen LogP contribution in [0.1, 0.15) is 11.3 Å². The maximum Gasteiger partial charge on any atom is 0.282 e. The summed E-state index contributed by atoms with van der Waals surface area (Å²) >= 11 is 0. The predicted molar refractivity (Wildman–Crippen MR) is 102 cm³/mol. The fourth-order valence-electron chi connectivity index (χ4n) is 2.78. The Balaban J connectivity index is 1.82. The molecule has 1 aromatic heterocycles. The molecule has 148 valence electrons. The van der Waals surface area contributed by atoms with Gasteiger partial charge < -0.3 is 20.1 Å². The van der Waals surface area contributed by atoms with Gasteiger partial charge in [-0.25, -0.2) is 18.7 Å². The lowest BCUT2D eigenvalue weighted by Crippen LogP contribution is -2.56. The summed E-state index contributed by atoms with van der Waals surface area (Å²) < 4.78 is 37.1. The molecule has 3 N–H and O–H groups in total. The highest BCUT2D eigenvalue weighted by Gasteiger charge is 2.44.